The maximum absolute atomic E-state index is 12.1. The van der Waals surface area contributed by atoms with Gasteiger partial charge in [0.2, 0.25) is 5.91 Å². The molecule has 1 aliphatic heterocycles. The van der Waals surface area contributed by atoms with E-state index in [1.807, 2.05) is 24.3 Å². The Balaban J connectivity index is 1.88. The number of amides is 1. The molecule has 2 atom stereocenters. The molecule has 0 saturated carbocycles. The molecule has 2 rings (SSSR count). The zero-order valence-corrected chi connectivity index (χ0v) is 12.1. The van der Waals surface area contributed by atoms with E-state index >= 15 is 0 Å². The molecule has 2 unspecified atom stereocenters. The number of nitrogens with one attached hydrogen (secondary N) is 1. The lowest BCUT2D eigenvalue weighted by molar-refractivity contribution is -0.122. The number of alkyl halides is 1. The van der Waals surface area contributed by atoms with Crippen LogP contribution in [0.25, 0.3) is 0 Å². The standard InChI is InChI=1S/C15H20ClNO2/c1-10(2)7-11(16)8-17-15(18)13-9-19-14-6-4-3-5-12(13)14/h3-6,10-11,13H,7-9H2,1-2H3,(H,17,18). The van der Waals surface area contributed by atoms with Crippen molar-refractivity contribution in [3.05, 3.63) is 29.8 Å². The number of para-hydroxylation sites is 1. The van der Waals surface area contributed by atoms with Gasteiger partial charge in [-0.3, -0.25) is 4.79 Å². The molecule has 1 heterocycles. The Hall–Kier alpha value is -1.22. The highest BCUT2D eigenvalue weighted by Gasteiger charge is 2.29. The SMILES string of the molecule is CC(C)CC(Cl)CNC(=O)C1COc2ccccc21. The van der Waals surface area contributed by atoms with E-state index in [9.17, 15) is 4.79 Å². The quantitative estimate of drug-likeness (QED) is 0.843. The number of hydrogen-bond acceptors (Lipinski definition) is 2. The predicted octanol–water partition coefficient (Wildman–Crippen LogP) is 2.93. The van der Waals surface area contributed by atoms with E-state index in [1.54, 1.807) is 0 Å². The summed E-state index contributed by atoms with van der Waals surface area (Å²) in [4.78, 5) is 12.1. The molecule has 0 aromatic heterocycles. The number of ether oxygens (including phenoxy) is 1. The first-order chi connectivity index (χ1) is 9.08. The lowest BCUT2D eigenvalue weighted by Crippen LogP contribution is -2.34. The lowest BCUT2D eigenvalue weighted by Gasteiger charge is -2.15. The van der Waals surface area contributed by atoms with E-state index in [4.69, 9.17) is 16.3 Å². The van der Waals surface area contributed by atoms with Gasteiger partial charge in [-0.1, -0.05) is 32.0 Å². The Labute approximate surface area is 119 Å². The first-order valence-electron chi connectivity index (χ1n) is 6.71. The first kappa shape index (κ1) is 14.2. The summed E-state index contributed by atoms with van der Waals surface area (Å²) in [6, 6.07) is 7.68. The van der Waals surface area contributed by atoms with Gasteiger partial charge in [0, 0.05) is 12.1 Å². The van der Waals surface area contributed by atoms with Gasteiger partial charge in [0.25, 0.3) is 0 Å². The molecule has 4 heteroatoms. The molecule has 0 radical (unpaired) electrons. The maximum Gasteiger partial charge on any atom is 0.231 e. The van der Waals surface area contributed by atoms with Crippen LogP contribution in [0.15, 0.2) is 24.3 Å². The van der Waals surface area contributed by atoms with Crippen LogP contribution in [0.1, 0.15) is 31.7 Å². The number of benzene rings is 1. The van der Waals surface area contributed by atoms with Gasteiger partial charge in [-0.25, -0.2) is 0 Å². The number of carbonyl (C=O) groups is 1. The van der Waals surface area contributed by atoms with Gasteiger partial charge in [-0.2, -0.15) is 0 Å². The Kier molecular flexibility index (Phi) is 4.70. The van der Waals surface area contributed by atoms with Crippen LogP contribution in [0.4, 0.5) is 0 Å². The van der Waals surface area contributed by atoms with E-state index < -0.39 is 0 Å². The van der Waals surface area contributed by atoms with Crippen molar-refractivity contribution in [2.75, 3.05) is 13.2 Å². The van der Waals surface area contributed by atoms with Crippen molar-refractivity contribution in [3.63, 3.8) is 0 Å². The van der Waals surface area contributed by atoms with Crippen molar-refractivity contribution in [2.24, 2.45) is 5.92 Å². The minimum atomic E-state index is -0.209. The Bertz CT molecular complexity index is 448. The molecule has 3 nitrogen and oxygen atoms in total. The number of hydrogen-bond donors (Lipinski definition) is 1. The van der Waals surface area contributed by atoms with Crippen LogP contribution < -0.4 is 10.1 Å². The first-order valence-corrected chi connectivity index (χ1v) is 7.15. The number of fused-ring (bicyclic) bond motifs is 1. The minimum absolute atomic E-state index is 0.000596. The minimum Gasteiger partial charge on any atom is -0.492 e. The van der Waals surface area contributed by atoms with Crippen LogP contribution in [0.2, 0.25) is 0 Å². The summed E-state index contributed by atoms with van der Waals surface area (Å²) in [6.45, 7) is 5.18. The fourth-order valence-corrected chi connectivity index (χ4v) is 2.74. The molecular formula is C15H20ClNO2. The second kappa shape index (κ2) is 6.29. The smallest absolute Gasteiger partial charge is 0.231 e. The van der Waals surface area contributed by atoms with Gasteiger partial charge >= 0.3 is 0 Å². The maximum atomic E-state index is 12.1. The fraction of sp³-hybridized carbons (Fsp3) is 0.533. The lowest BCUT2D eigenvalue weighted by atomic mass is 10.0. The van der Waals surface area contributed by atoms with Gasteiger partial charge in [-0.05, 0) is 18.4 Å². The molecular weight excluding hydrogens is 262 g/mol. The van der Waals surface area contributed by atoms with E-state index in [0.717, 1.165) is 17.7 Å². The second-order valence-electron chi connectivity index (χ2n) is 5.37. The Morgan fingerprint density at radius 1 is 1.47 bits per heavy atom. The molecule has 0 bridgehead atoms. The van der Waals surface area contributed by atoms with E-state index in [-0.39, 0.29) is 17.2 Å². The molecule has 1 amide bonds. The van der Waals surface area contributed by atoms with Crippen molar-refractivity contribution < 1.29 is 9.53 Å². The summed E-state index contributed by atoms with van der Waals surface area (Å²) < 4.78 is 5.51. The topological polar surface area (TPSA) is 38.3 Å². The van der Waals surface area contributed by atoms with Crippen molar-refractivity contribution in [2.45, 2.75) is 31.6 Å². The summed E-state index contributed by atoms with van der Waals surface area (Å²) >= 11 is 6.18. The van der Waals surface area contributed by atoms with Crippen LogP contribution in [0, 0.1) is 5.92 Å². The van der Waals surface area contributed by atoms with Gasteiger partial charge < -0.3 is 10.1 Å². The number of rotatable bonds is 5. The van der Waals surface area contributed by atoms with Gasteiger partial charge in [0.1, 0.15) is 18.3 Å². The average Bonchev–Trinajstić information content (AvgIpc) is 2.79. The molecule has 104 valence electrons. The molecule has 1 aliphatic rings. The summed E-state index contributed by atoms with van der Waals surface area (Å²) in [5.41, 5.74) is 0.968. The zero-order valence-electron chi connectivity index (χ0n) is 11.4. The van der Waals surface area contributed by atoms with Gasteiger partial charge in [0.05, 0.1) is 5.38 Å². The number of carbonyl (C=O) groups excluding carboxylic acids is 1. The van der Waals surface area contributed by atoms with Crippen LogP contribution >= 0.6 is 11.6 Å². The van der Waals surface area contributed by atoms with Crippen LogP contribution in [-0.2, 0) is 4.79 Å². The van der Waals surface area contributed by atoms with E-state index in [2.05, 4.69) is 19.2 Å². The fourth-order valence-electron chi connectivity index (χ4n) is 2.31. The van der Waals surface area contributed by atoms with Crippen molar-refractivity contribution in [3.8, 4) is 5.75 Å². The predicted molar refractivity (Wildman–Crippen MR) is 76.8 cm³/mol. The molecule has 0 saturated heterocycles. The monoisotopic (exact) mass is 281 g/mol. The zero-order chi connectivity index (χ0) is 13.8. The second-order valence-corrected chi connectivity index (χ2v) is 5.99. The normalized spacial score (nSPS) is 18.8. The summed E-state index contributed by atoms with van der Waals surface area (Å²) in [7, 11) is 0. The third-order valence-corrected chi connectivity index (χ3v) is 3.57. The van der Waals surface area contributed by atoms with Crippen LogP contribution in [0.5, 0.6) is 5.75 Å². The van der Waals surface area contributed by atoms with Crippen molar-refractivity contribution >= 4 is 17.5 Å². The van der Waals surface area contributed by atoms with Crippen LogP contribution in [0.3, 0.4) is 0 Å². The molecule has 0 fully saturated rings. The van der Waals surface area contributed by atoms with E-state index in [0.29, 0.717) is 19.1 Å². The highest BCUT2D eigenvalue weighted by molar-refractivity contribution is 6.20. The average molecular weight is 282 g/mol. The highest BCUT2D eigenvalue weighted by Crippen LogP contribution is 2.33. The van der Waals surface area contributed by atoms with Crippen molar-refractivity contribution in [1.29, 1.82) is 0 Å². The Morgan fingerprint density at radius 2 is 2.21 bits per heavy atom. The third-order valence-electron chi connectivity index (χ3n) is 3.24. The largest absolute Gasteiger partial charge is 0.492 e. The molecule has 19 heavy (non-hydrogen) atoms. The summed E-state index contributed by atoms with van der Waals surface area (Å²) in [5.74, 6) is 1.14. The van der Waals surface area contributed by atoms with Crippen LogP contribution in [-0.4, -0.2) is 24.4 Å². The molecule has 0 spiro atoms. The highest BCUT2D eigenvalue weighted by atomic mass is 35.5. The molecule has 1 aromatic rings. The third kappa shape index (κ3) is 3.63. The van der Waals surface area contributed by atoms with Gasteiger partial charge in [0.15, 0.2) is 0 Å². The summed E-state index contributed by atoms with van der Waals surface area (Å²) in [6.07, 6.45) is 0.902. The molecule has 0 aliphatic carbocycles. The van der Waals surface area contributed by atoms with Crippen molar-refractivity contribution in [1.82, 2.24) is 5.32 Å². The Morgan fingerprint density at radius 3 is 2.95 bits per heavy atom. The molecule has 1 aromatic carbocycles. The van der Waals surface area contributed by atoms with E-state index in [1.165, 1.54) is 0 Å². The number of halogens is 1. The molecule has 1 N–H and O–H groups in total. The van der Waals surface area contributed by atoms with Gasteiger partial charge in [-0.15, -0.1) is 11.6 Å². The summed E-state index contributed by atoms with van der Waals surface area (Å²) in [5, 5.41) is 2.91.